The van der Waals surface area contributed by atoms with Crippen molar-refractivity contribution in [2.45, 2.75) is 52.1 Å². The number of benzene rings is 1. The highest BCUT2D eigenvalue weighted by atomic mass is 19.1. The Hall–Kier alpha value is -2.45. The van der Waals surface area contributed by atoms with Crippen LogP contribution in [-0.4, -0.2) is 60.3 Å². The van der Waals surface area contributed by atoms with Crippen molar-refractivity contribution in [3.63, 3.8) is 0 Å². The van der Waals surface area contributed by atoms with Crippen molar-refractivity contribution >= 4 is 12.6 Å². The molecule has 1 N–H and O–H groups in total. The minimum atomic E-state index is -0.340. The van der Waals surface area contributed by atoms with Gasteiger partial charge in [0, 0.05) is 18.2 Å². The summed E-state index contributed by atoms with van der Waals surface area (Å²) in [4.78, 5) is 27.2. The van der Waals surface area contributed by atoms with Gasteiger partial charge in [0.05, 0.1) is 6.04 Å². The Morgan fingerprint density at radius 3 is 2.37 bits per heavy atom. The standard InChI is InChI=1S/C13H28N2O.C9H5FN2O2/c1-6-7-12(14-4)9-15(5)13(10-16)8-11(2)3;10-7-3-1-6(2-4-7)9-11-8(5-13)14-12-9/h10-14H,6-9H2,1-5H3;1-5H. The van der Waals surface area contributed by atoms with E-state index in [1.807, 2.05) is 14.1 Å². The molecule has 1 heterocycles. The number of nitrogens with one attached hydrogen (secondary N) is 1. The zero-order valence-electron chi connectivity index (χ0n) is 18.5. The van der Waals surface area contributed by atoms with Gasteiger partial charge in [0.15, 0.2) is 0 Å². The number of hydrogen-bond donors (Lipinski definition) is 1. The lowest BCUT2D eigenvalue weighted by molar-refractivity contribution is -0.112. The van der Waals surface area contributed by atoms with Crippen molar-refractivity contribution in [3.05, 3.63) is 36.0 Å². The lowest BCUT2D eigenvalue weighted by Gasteiger charge is -2.28. The molecule has 2 rings (SSSR count). The molecule has 0 radical (unpaired) electrons. The van der Waals surface area contributed by atoms with Gasteiger partial charge in [-0.2, -0.15) is 4.98 Å². The number of carbonyl (C=O) groups is 2. The maximum absolute atomic E-state index is 12.6. The summed E-state index contributed by atoms with van der Waals surface area (Å²) in [6.45, 7) is 7.45. The largest absolute Gasteiger partial charge is 0.331 e. The molecular weight excluding hydrogens is 387 g/mol. The SMILES string of the molecule is CCCC(CN(C)C(C=O)CC(C)C)NC.O=Cc1nc(-c2ccc(F)cc2)no1. The lowest BCUT2D eigenvalue weighted by Crippen LogP contribution is -2.43. The second-order valence-electron chi connectivity index (χ2n) is 7.63. The Labute approximate surface area is 178 Å². The molecule has 0 saturated heterocycles. The van der Waals surface area contributed by atoms with Crippen LogP contribution < -0.4 is 5.32 Å². The fraction of sp³-hybridized carbons (Fsp3) is 0.545. The van der Waals surface area contributed by atoms with Crippen molar-refractivity contribution in [1.82, 2.24) is 20.4 Å². The third-order valence-electron chi connectivity index (χ3n) is 4.63. The third kappa shape index (κ3) is 8.92. The topological polar surface area (TPSA) is 88.3 Å². The van der Waals surface area contributed by atoms with Crippen molar-refractivity contribution in [1.29, 1.82) is 0 Å². The first kappa shape index (κ1) is 25.6. The fourth-order valence-corrected chi connectivity index (χ4v) is 2.98. The number of halogens is 1. The summed E-state index contributed by atoms with van der Waals surface area (Å²) in [7, 11) is 4.04. The van der Waals surface area contributed by atoms with Gasteiger partial charge in [0.25, 0.3) is 5.89 Å². The van der Waals surface area contributed by atoms with Crippen LogP contribution in [0.25, 0.3) is 11.4 Å². The number of hydrogen-bond acceptors (Lipinski definition) is 7. The summed E-state index contributed by atoms with van der Waals surface area (Å²) in [5.74, 6) is 0.404. The van der Waals surface area contributed by atoms with E-state index in [1.165, 1.54) is 30.7 Å². The smallest absolute Gasteiger partial charge is 0.291 e. The highest BCUT2D eigenvalue weighted by molar-refractivity contribution is 5.68. The van der Waals surface area contributed by atoms with Crippen LogP contribution in [0.1, 0.15) is 50.7 Å². The first-order chi connectivity index (χ1) is 14.3. The van der Waals surface area contributed by atoms with Gasteiger partial charge in [-0.3, -0.25) is 9.69 Å². The average Bonchev–Trinajstić information content (AvgIpc) is 3.21. The van der Waals surface area contributed by atoms with Crippen LogP contribution in [0.5, 0.6) is 0 Å². The molecule has 0 aliphatic heterocycles. The van der Waals surface area contributed by atoms with Crippen LogP contribution in [0.3, 0.4) is 0 Å². The van der Waals surface area contributed by atoms with Crippen LogP contribution in [-0.2, 0) is 4.79 Å². The summed E-state index contributed by atoms with van der Waals surface area (Å²) in [5.41, 5.74) is 0.600. The van der Waals surface area contributed by atoms with Gasteiger partial charge in [-0.1, -0.05) is 32.3 Å². The molecule has 0 spiro atoms. The van der Waals surface area contributed by atoms with E-state index in [9.17, 15) is 14.0 Å². The van der Waals surface area contributed by atoms with Gasteiger partial charge < -0.3 is 14.6 Å². The molecule has 2 unspecified atom stereocenters. The summed E-state index contributed by atoms with van der Waals surface area (Å²) >= 11 is 0. The molecule has 1 aromatic carbocycles. The van der Waals surface area contributed by atoms with Crippen LogP contribution >= 0.6 is 0 Å². The molecular formula is C22H33FN4O3. The molecule has 2 atom stereocenters. The second-order valence-corrected chi connectivity index (χ2v) is 7.63. The van der Waals surface area contributed by atoms with E-state index in [0.29, 0.717) is 23.8 Å². The number of carbonyl (C=O) groups excluding carboxylic acids is 2. The normalized spacial score (nSPS) is 12.9. The van der Waals surface area contributed by atoms with Gasteiger partial charge >= 0.3 is 0 Å². The van der Waals surface area contributed by atoms with E-state index in [1.54, 1.807) is 0 Å². The molecule has 8 heteroatoms. The lowest BCUT2D eigenvalue weighted by atomic mass is 10.0. The Balaban J connectivity index is 0.000000301. The first-order valence-electron chi connectivity index (χ1n) is 10.2. The molecule has 7 nitrogen and oxygen atoms in total. The highest BCUT2D eigenvalue weighted by Gasteiger charge is 2.18. The highest BCUT2D eigenvalue weighted by Crippen LogP contribution is 2.15. The summed E-state index contributed by atoms with van der Waals surface area (Å²) in [6, 6.07) is 6.14. The zero-order chi connectivity index (χ0) is 22.5. The Kier molecular flexibility index (Phi) is 11.7. The van der Waals surface area contributed by atoms with E-state index in [4.69, 9.17) is 0 Å². The third-order valence-corrected chi connectivity index (χ3v) is 4.63. The van der Waals surface area contributed by atoms with Crippen LogP contribution in [0, 0.1) is 11.7 Å². The molecule has 30 heavy (non-hydrogen) atoms. The first-order valence-corrected chi connectivity index (χ1v) is 10.2. The van der Waals surface area contributed by atoms with Gasteiger partial charge in [0.2, 0.25) is 12.1 Å². The molecule has 0 aliphatic rings. The maximum atomic E-state index is 12.6. The Bertz CT molecular complexity index is 749. The van der Waals surface area contributed by atoms with Crippen molar-refractivity contribution in [3.8, 4) is 11.4 Å². The molecule has 166 valence electrons. The predicted molar refractivity (Wildman–Crippen MR) is 115 cm³/mol. The van der Waals surface area contributed by atoms with E-state index in [-0.39, 0.29) is 23.6 Å². The molecule has 0 saturated carbocycles. The number of rotatable bonds is 11. The summed E-state index contributed by atoms with van der Waals surface area (Å²) in [6.07, 6.45) is 4.82. The Morgan fingerprint density at radius 1 is 1.23 bits per heavy atom. The number of aromatic nitrogens is 2. The monoisotopic (exact) mass is 420 g/mol. The molecule has 2 aromatic rings. The zero-order valence-corrected chi connectivity index (χ0v) is 18.5. The maximum Gasteiger partial charge on any atom is 0.291 e. The van der Waals surface area contributed by atoms with E-state index < -0.39 is 0 Å². The fourth-order valence-electron chi connectivity index (χ4n) is 2.98. The molecule has 0 amide bonds. The van der Waals surface area contributed by atoms with E-state index in [0.717, 1.165) is 25.7 Å². The summed E-state index contributed by atoms with van der Waals surface area (Å²) < 4.78 is 17.1. The van der Waals surface area contributed by atoms with E-state index >= 15 is 0 Å². The number of likely N-dealkylation sites (N-methyl/N-ethyl adjacent to an activating group) is 2. The Morgan fingerprint density at radius 2 is 1.90 bits per heavy atom. The van der Waals surface area contributed by atoms with E-state index in [2.05, 4.69) is 45.7 Å². The van der Waals surface area contributed by atoms with Crippen molar-refractivity contribution in [2.75, 3.05) is 20.6 Å². The molecule has 0 fully saturated rings. The van der Waals surface area contributed by atoms with Crippen molar-refractivity contribution in [2.24, 2.45) is 5.92 Å². The van der Waals surface area contributed by atoms with Crippen LogP contribution in [0.4, 0.5) is 4.39 Å². The van der Waals surface area contributed by atoms with Gasteiger partial charge in [-0.25, -0.2) is 4.39 Å². The van der Waals surface area contributed by atoms with Crippen LogP contribution in [0.2, 0.25) is 0 Å². The quantitative estimate of drug-likeness (QED) is 0.556. The average molecular weight is 421 g/mol. The molecule has 0 aliphatic carbocycles. The predicted octanol–water partition coefficient (Wildman–Crippen LogP) is 3.61. The van der Waals surface area contributed by atoms with Gasteiger partial charge in [-0.15, -0.1) is 0 Å². The molecule has 1 aromatic heterocycles. The van der Waals surface area contributed by atoms with Gasteiger partial charge in [-0.05, 0) is 57.1 Å². The minimum absolute atomic E-state index is 0.0627. The van der Waals surface area contributed by atoms with Crippen LogP contribution in [0.15, 0.2) is 28.8 Å². The number of aldehydes is 2. The van der Waals surface area contributed by atoms with Crippen molar-refractivity contribution < 1.29 is 18.5 Å². The number of nitrogens with zero attached hydrogens (tertiary/aromatic N) is 3. The summed E-state index contributed by atoms with van der Waals surface area (Å²) in [5, 5.41) is 6.86. The molecule has 0 bridgehead atoms. The van der Waals surface area contributed by atoms with Gasteiger partial charge in [0.1, 0.15) is 12.1 Å². The second kappa shape index (κ2) is 13.7. The minimum Gasteiger partial charge on any atom is -0.331 e.